The van der Waals surface area contributed by atoms with Gasteiger partial charge in [0, 0.05) is 13.0 Å². The largest absolute Gasteiger partial charge is 0.380 e. The standard InChI is InChI=1S/C14H23ClN2O2/c1-6-7-17-11(10(15)8-16-17)14(18)9-12(2,3)19-13(14,4)5/h8,18H,6-7,9H2,1-5H3. The molecule has 0 aliphatic carbocycles. The van der Waals surface area contributed by atoms with Crippen LogP contribution in [0.25, 0.3) is 0 Å². The molecule has 0 aromatic carbocycles. The van der Waals surface area contributed by atoms with Crippen molar-refractivity contribution in [1.29, 1.82) is 0 Å². The van der Waals surface area contributed by atoms with Crippen molar-refractivity contribution < 1.29 is 9.84 Å². The molecule has 0 spiro atoms. The summed E-state index contributed by atoms with van der Waals surface area (Å²) in [6, 6.07) is 0. The molecule has 1 saturated heterocycles. The highest BCUT2D eigenvalue weighted by atomic mass is 35.5. The highest BCUT2D eigenvalue weighted by Gasteiger charge is 2.59. The van der Waals surface area contributed by atoms with E-state index in [1.54, 1.807) is 10.9 Å². The molecule has 2 rings (SSSR count). The molecule has 0 amide bonds. The normalized spacial score (nSPS) is 28.8. The van der Waals surface area contributed by atoms with Gasteiger partial charge in [-0.1, -0.05) is 18.5 Å². The molecule has 0 radical (unpaired) electrons. The lowest BCUT2D eigenvalue weighted by Gasteiger charge is -2.35. The van der Waals surface area contributed by atoms with Gasteiger partial charge in [0.2, 0.25) is 0 Å². The van der Waals surface area contributed by atoms with Crippen LogP contribution in [0.15, 0.2) is 6.20 Å². The molecule has 0 bridgehead atoms. The molecule has 1 aromatic heterocycles. The van der Waals surface area contributed by atoms with Crippen molar-refractivity contribution in [2.24, 2.45) is 0 Å². The Balaban J connectivity index is 2.53. The Bertz CT molecular complexity index is 482. The molecule has 1 aliphatic heterocycles. The molecule has 4 nitrogen and oxygen atoms in total. The second-order valence-electron chi connectivity index (χ2n) is 6.47. The van der Waals surface area contributed by atoms with Gasteiger partial charge in [-0.05, 0) is 34.1 Å². The quantitative estimate of drug-likeness (QED) is 0.929. The molecule has 1 aromatic rings. The smallest absolute Gasteiger partial charge is 0.139 e. The van der Waals surface area contributed by atoms with Gasteiger partial charge in [0.1, 0.15) is 5.60 Å². The van der Waals surface area contributed by atoms with Gasteiger partial charge in [-0.15, -0.1) is 0 Å². The zero-order valence-corrected chi connectivity index (χ0v) is 13.1. The fraction of sp³-hybridized carbons (Fsp3) is 0.786. The average Bonchev–Trinajstić information content (AvgIpc) is 2.64. The summed E-state index contributed by atoms with van der Waals surface area (Å²) in [6.07, 6.45) is 3.04. The van der Waals surface area contributed by atoms with Gasteiger partial charge in [-0.3, -0.25) is 4.68 Å². The minimum atomic E-state index is -1.13. The average molecular weight is 287 g/mol. The topological polar surface area (TPSA) is 47.3 Å². The lowest BCUT2D eigenvalue weighted by molar-refractivity contribution is -0.132. The summed E-state index contributed by atoms with van der Waals surface area (Å²) in [5.41, 5.74) is -1.54. The highest BCUT2D eigenvalue weighted by molar-refractivity contribution is 6.31. The molecule has 2 heterocycles. The Kier molecular flexibility index (Phi) is 3.49. The molecule has 1 unspecified atom stereocenters. The maximum atomic E-state index is 11.2. The van der Waals surface area contributed by atoms with Crippen LogP contribution in [0.1, 0.15) is 53.2 Å². The van der Waals surface area contributed by atoms with Crippen LogP contribution in [-0.2, 0) is 16.9 Å². The summed E-state index contributed by atoms with van der Waals surface area (Å²) >= 11 is 6.27. The van der Waals surface area contributed by atoms with Crippen molar-refractivity contribution in [2.45, 2.75) is 70.8 Å². The van der Waals surface area contributed by atoms with Crippen molar-refractivity contribution in [3.05, 3.63) is 16.9 Å². The maximum absolute atomic E-state index is 11.2. The zero-order chi connectivity index (χ0) is 14.5. The van der Waals surface area contributed by atoms with Gasteiger partial charge < -0.3 is 9.84 Å². The molecule has 1 N–H and O–H groups in total. The van der Waals surface area contributed by atoms with Crippen LogP contribution >= 0.6 is 11.6 Å². The van der Waals surface area contributed by atoms with Gasteiger partial charge >= 0.3 is 0 Å². The maximum Gasteiger partial charge on any atom is 0.139 e. The third-order valence-electron chi connectivity index (χ3n) is 3.83. The predicted molar refractivity (Wildman–Crippen MR) is 75.3 cm³/mol. The highest BCUT2D eigenvalue weighted by Crippen LogP contribution is 2.52. The van der Waals surface area contributed by atoms with Gasteiger partial charge in [0.05, 0.1) is 28.1 Å². The Hall–Kier alpha value is -0.580. The number of ether oxygens (including phenoxy) is 1. The summed E-state index contributed by atoms with van der Waals surface area (Å²) in [5, 5.41) is 16.0. The molecular formula is C14H23ClN2O2. The predicted octanol–water partition coefficient (Wildman–Crippen LogP) is 3.11. The van der Waals surface area contributed by atoms with Crippen molar-refractivity contribution in [1.82, 2.24) is 9.78 Å². The van der Waals surface area contributed by atoms with E-state index in [2.05, 4.69) is 12.0 Å². The molecule has 1 aliphatic rings. The Morgan fingerprint density at radius 3 is 2.53 bits per heavy atom. The molecule has 1 atom stereocenters. The zero-order valence-electron chi connectivity index (χ0n) is 12.3. The third-order valence-corrected chi connectivity index (χ3v) is 4.11. The molecule has 0 saturated carbocycles. The molecule has 19 heavy (non-hydrogen) atoms. The summed E-state index contributed by atoms with van der Waals surface area (Å²) in [5.74, 6) is 0. The van der Waals surface area contributed by atoms with E-state index >= 15 is 0 Å². The fourth-order valence-corrected chi connectivity index (χ4v) is 3.46. The van der Waals surface area contributed by atoms with Crippen LogP contribution in [-0.4, -0.2) is 26.1 Å². The number of nitrogens with zero attached hydrogens (tertiary/aromatic N) is 2. The van der Waals surface area contributed by atoms with Crippen LogP contribution in [0, 0.1) is 0 Å². The number of hydrogen-bond donors (Lipinski definition) is 1. The van der Waals surface area contributed by atoms with E-state index in [-0.39, 0.29) is 5.60 Å². The van der Waals surface area contributed by atoms with Gasteiger partial charge in [-0.2, -0.15) is 5.10 Å². The van der Waals surface area contributed by atoms with Crippen molar-refractivity contribution >= 4 is 11.6 Å². The minimum Gasteiger partial charge on any atom is -0.380 e. The second kappa shape index (κ2) is 4.47. The van der Waals surface area contributed by atoms with Crippen molar-refractivity contribution in [2.75, 3.05) is 0 Å². The monoisotopic (exact) mass is 286 g/mol. The van der Waals surface area contributed by atoms with E-state index in [0.717, 1.165) is 13.0 Å². The van der Waals surface area contributed by atoms with Crippen LogP contribution < -0.4 is 0 Å². The van der Waals surface area contributed by atoms with E-state index in [1.807, 2.05) is 27.7 Å². The first-order chi connectivity index (χ1) is 8.63. The molecule has 1 fully saturated rings. The number of hydrogen-bond acceptors (Lipinski definition) is 3. The van der Waals surface area contributed by atoms with E-state index in [4.69, 9.17) is 16.3 Å². The number of aliphatic hydroxyl groups is 1. The summed E-state index contributed by atoms with van der Waals surface area (Å²) in [4.78, 5) is 0. The minimum absolute atomic E-state index is 0.386. The second-order valence-corrected chi connectivity index (χ2v) is 6.88. The Morgan fingerprint density at radius 2 is 2.05 bits per heavy atom. The van der Waals surface area contributed by atoms with E-state index in [9.17, 15) is 5.11 Å². The number of aromatic nitrogens is 2. The van der Waals surface area contributed by atoms with Crippen LogP contribution in [0.4, 0.5) is 0 Å². The van der Waals surface area contributed by atoms with Gasteiger partial charge in [0.15, 0.2) is 0 Å². The summed E-state index contributed by atoms with van der Waals surface area (Å²) in [7, 11) is 0. The van der Waals surface area contributed by atoms with E-state index < -0.39 is 11.2 Å². The van der Waals surface area contributed by atoms with Gasteiger partial charge in [0.25, 0.3) is 0 Å². The number of aryl methyl sites for hydroxylation is 1. The number of halogens is 1. The summed E-state index contributed by atoms with van der Waals surface area (Å²) < 4.78 is 7.81. The SMILES string of the molecule is CCCn1ncc(Cl)c1C1(O)CC(C)(C)OC1(C)C. The molecule has 108 valence electrons. The molecule has 5 heteroatoms. The Labute approximate surface area is 119 Å². The van der Waals surface area contributed by atoms with E-state index in [1.165, 1.54) is 0 Å². The fourth-order valence-electron chi connectivity index (χ4n) is 3.16. The Morgan fingerprint density at radius 1 is 1.42 bits per heavy atom. The van der Waals surface area contributed by atoms with Crippen LogP contribution in [0.3, 0.4) is 0 Å². The molecular weight excluding hydrogens is 264 g/mol. The van der Waals surface area contributed by atoms with Crippen LogP contribution in [0.5, 0.6) is 0 Å². The first kappa shape index (κ1) is 14.8. The van der Waals surface area contributed by atoms with Gasteiger partial charge in [-0.25, -0.2) is 0 Å². The number of rotatable bonds is 3. The first-order valence-electron chi connectivity index (χ1n) is 6.77. The van der Waals surface area contributed by atoms with E-state index in [0.29, 0.717) is 17.1 Å². The van der Waals surface area contributed by atoms with Crippen molar-refractivity contribution in [3.63, 3.8) is 0 Å². The van der Waals surface area contributed by atoms with Crippen LogP contribution in [0.2, 0.25) is 5.02 Å². The lowest BCUT2D eigenvalue weighted by atomic mass is 9.79. The first-order valence-corrected chi connectivity index (χ1v) is 7.15. The third kappa shape index (κ3) is 2.30. The summed E-state index contributed by atoms with van der Waals surface area (Å²) in [6.45, 7) is 10.6. The van der Waals surface area contributed by atoms with Crippen molar-refractivity contribution in [3.8, 4) is 0 Å². The lowest BCUT2D eigenvalue weighted by Crippen LogP contribution is -2.45.